The first-order valence-electron chi connectivity index (χ1n) is 7.54. The molecule has 0 saturated carbocycles. The van der Waals surface area contributed by atoms with E-state index in [1.54, 1.807) is 0 Å². The molecule has 0 aliphatic heterocycles. The Hall–Kier alpha value is -1.64. The van der Waals surface area contributed by atoms with Crippen molar-refractivity contribution in [3.63, 3.8) is 0 Å². The van der Waals surface area contributed by atoms with E-state index in [1.807, 2.05) is 13.0 Å². The first kappa shape index (κ1) is 16.4. The van der Waals surface area contributed by atoms with Gasteiger partial charge in [0.2, 0.25) is 5.91 Å². The first-order chi connectivity index (χ1) is 9.76. The Bertz CT molecular complexity index is 389. The number of nitrogens with one attached hydrogen (secondary N) is 1. The van der Waals surface area contributed by atoms with E-state index in [2.05, 4.69) is 29.6 Å². The van der Waals surface area contributed by atoms with Crippen LogP contribution in [-0.2, 0) is 16.0 Å². The van der Waals surface area contributed by atoms with Gasteiger partial charge in [-0.05, 0) is 31.2 Å². The summed E-state index contributed by atoms with van der Waals surface area (Å²) in [6, 6.07) is 10.1. The van der Waals surface area contributed by atoms with Gasteiger partial charge in [-0.1, -0.05) is 50.1 Å². The maximum Gasteiger partial charge on any atom is 0.220 e. The standard InChI is InChI=1S/C17H25NO2/c1-2-16(14-19)18-17(20)13-9-4-3-6-10-15-11-7-5-8-12-15/h5,7-8,11-12,14,16H,2-4,6,9-10,13H2,1H3,(H,18,20)/t16-/m0/s1. The van der Waals surface area contributed by atoms with E-state index in [0.29, 0.717) is 12.8 Å². The second kappa shape index (κ2) is 10.2. The SMILES string of the molecule is CC[C@@H](C=O)NC(=O)CCCCCCc1ccccc1. The van der Waals surface area contributed by atoms with Crippen LogP contribution in [0.15, 0.2) is 30.3 Å². The lowest BCUT2D eigenvalue weighted by atomic mass is 10.1. The third-order valence-electron chi connectivity index (χ3n) is 3.41. The Balaban J connectivity index is 2.02. The molecule has 1 aromatic rings. The number of rotatable bonds is 10. The van der Waals surface area contributed by atoms with Gasteiger partial charge in [0.1, 0.15) is 6.29 Å². The lowest BCUT2D eigenvalue weighted by Crippen LogP contribution is -2.35. The van der Waals surface area contributed by atoms with Crippen LogP contribution < -0.4 is 5.32 Å². The number of hydrogen-bond acceptors (Lipinski definition) is 2. The highest BCUT2D eigenvalue weighted by molar-refractivity contribution is 5.79. The van der Waals surface area contributed by atoms with Gasteiger partial charge in [-0.15, -0.1) is 0 Å². The van der Waals surface area contributed by atoms with Crippen molar-refractivity contribution >= 4 is 12.2 Å². The molecule has 0 radical (unpaired) electrons. The van der Waals surface area contributed by atoms with Crippen LogP contribution in [0.1, 0.15) is 51.0 Å². The predicted molar refractivity (Wildman–Crippen MR) is 81.5 cm³/mol. The third-order valence-corrected chi connectivity index (χ3v) is 3.41. The summed E-state index contributed by atoms with van der Waals surface area (Å²) in [5.74, 6) is -0.00740. The van der Waals surface area contributed by atoms with Crippen molar-refractivity contribution in [3.8, 4) is 0 Å². The summed E-state index contributed by atoms with van der Waals surface area (Å²) in [5, 5.41) is 2.73. The van der Waals surface area contributed by atoms with E-state index < -0.39 is 0 Å². The Kier molecular flexibility index (Phi) is 8.36. The largest absolute Gasteiger partial charge is 0.347 e. The van der Waals surface area contributed by atoms with Gasteiger partial charge in [-0.3, -0.25) is 4.79 Å². The molecule has 0 aliphatic rings. The zero-order valence-corrected chi connectivity index (χ0v) is 12.3. The predicted octanol–water partition coefficient (Wildman–Crippen LogP) is 3.27. The summed E-state index contributed by atoms with van der Waals surface area (Å²) >= 11 is 0. The van der Waals surface area contributed by atoms with E-state index in [1.165, 1.54) is 5.56 Å². The molecular formula is C17H25NO2. The summed E-state index contributed by atoms with van der Waals surface area (Å²) in [6.07, 6.45) is 7.37. The minimum Gasteiger partial charge on any atom is -0.347 e. The number of hydrogen-bond donors (Lipinski definition) is 1. The number of benzene rings is 1. The van der Waals surface area contributed by atoms with Crippen molar-refractivity contribution in [1.82, 2.24) is 5.32 Å². The van der Waals surface area contributed by atoms with Gasteiger partial charge in [0, 0.05) is 6.42 Å². The number of aryl methyl sites for hydroxylation is 1. The minimum absolute atomic E-state index is 0.00740. The molecular weight excluding hydrogens is 250 g/mol. The van der Waals surface area contributed by atoms with E-state index in [4.69, 9.17) is 0 Å². The molecule has 110 valence electrons. The van der Waals surface area contributed by atoms with E-state index in [-0.39, 0.29) is 11.9 Å². The molecule has 1 atom stereocenters. The van der Waals surface area contributed by atoms with Gasteiger partial charge in [0.25, 0.3) is 0 Å². The lowest BCUT2D eigenvalue weighted by molar-refractivity contribution is -0.124. The van der Waals surface area contributed by atoms with Crippen molar-refractivity contribution in [2.45, 2.75) is 57.9 Å². The average Bonchev–Trinajstić information content (AvgIpc) is 2.49. The van der Waals surface area contributed by atoms with Crippen LogP contribution in [0.2, 0.25) is 0 Å². The van der Waals surface area contributed by atoms with E-state index in [0.717, 1.165) is 38.4 Å². The van der Waals surface area contributed by atoms with Crippen LogP contribution in [0.4, 0.5) is 0 Å². The van der Waals surface area contributed by atoms with Crippen molar-refractivity contribution in [2.75, 3.05) is 0 Å². The van der Waals surface area contributed by atoms with Gasteiger partial charge in [-0.2, -0.15) is 0 Å². The summed E-state index contributed by atoms with van der Waals surface area (Å²) in [6.45, 7) is 1.89. The maximum absolute atomic E-state index is 11.6. The van der Waals surface area contributed by atoms with Crippen LogP contribution in [0.25, 0.3) is 0 Å². The topological polar surface area (TPSA) is 46.2 Å². The Morgan fingerprint density at radius 3 is 2.50 bits per heavy atom. The van der Waals surface area contributed by atoms with E-state index in [9.17, 15) is 9.59 Å². The number of carbonyl (C=O) groups excluding carboxylic acids is 2. The molecule has 3 nitrogen and oxygen atoms in total. The first-order valence-corrected chi connectivity index (χ1v) is 7.54. The third kappa shape index (κ3) is 7.07. The molecule has 0 fully saturated rings. The molecule has 0 heterocycles. The van der Waals surface area contributed by atoms with Crippen LogP contribution in [-0.4, -0.2) is 18.2 Å². The summed E-state index contributed by atoms with van der Waals surface area (Å²) < 4.78 is 0. The molecule has 0 aromatic heterocycles. The molecule has 0 aliphatic carbocycles. The molecule has 0 unspecified atom stereocenters. The summed E-state index contributed by atoms with van der Waals surface area (Å²) in [7, 11) is 0. The molecule has 0 saturated heterocycles. The molecule has 1 amide bonds. The second-order valence-corrected chi connectivity index (χ2v) is 5.12. The van der Waals surface area contributed by atoms with Gasteiger partial charge >= 0.3 is 0 Å². The molecule has 1 N–H and O–H groups in total. The fourth-order valence-electron chi connectivity index (χ4n) is 2.12. The highest BCUT2D eigenvalue weighted by atomic mass is 16.2. The lowest BCUT2D eigenvalue weighted by Gasteiger charge is -2.09. The van der Waals surface area contributed by atoms with Crippen molar-refractivity contribution < 1.29 is 9.59 Å². The van der Waals surface area contributed by atoms with Crippen molar-refractivity contribution in [3.05, 3.63) is 35.9 Å². The van der Waals surface area contributed by atoms with Crippen molar-refractivity contribution in [1.29, 1.82) is 0 Å². The van der Waals surface area contributed by atoms with Crippen LogP contribution >= 0.6 is 0 Å². The monoisotopic (exact) mass is 275 g/mol. The highest BCUT2D eigenvalue weighted by Crippen LogP contribution is 2.08. The maximum atomic E-state index is 11.6. The van der Waals surface area contributed by atoms with Gasteiger partial charge in [0.15, 0.2) is 0 Å². The second-order valence-electron chi connectivity index (χ2n) is 5.12. The average molecular weight is 275 g/mol. The van der Waals surface area contributed by atoms with Crippen LogP contribution in [0.5, 0.6) is 0 Å². The Labute approximate surface area is 121 Å². The zero-order chi connectivity index (χ0) is 14.6. The summed E-state index contributed by atoms with van der Waals surface area (Å²) in [4.78, 5) is 22.2. The fraction of sp³-hybridized carbons (Fsp3) is 0.529. The molecule has 20 heavy (non-hydrogen) atoms. The zero-order valence-electron chi connectivity index (χ0n) is 12.3. The molecule has 0 bridgehead atoms. The fourth-order valence-corrected chi connectivity index (χ4v) is 2.12. The van der Waals surface area contributed by atoms with Gasteiger partial charge in [-0.25, -0.2) is 0 Å². The number of unbranched alkanes of at least 4 members (excludes halogenated alkanes) is 3. The minimum atomic E-state index is -0.319. The number of amides is 1. The molecule has 3 heteroatoms. The molecule has 1 rings (SSSR count). The van der Waals surface area contributed by atoms with Crippen LogP contribution in [0, 0.1) is 0 Å². The van der Waals surface area contributed by atoms with Crippen molar-refractivity contribution in [2.24, 2.45) is 0 Å². The molecule has 0 spiro atoms. The highest BCUT2D eigenvalue weighted by Gasteiger charge is 2.08. The quantitative estimate of drug-likeness (QED) is 0.526. The van der Waals surface area contributed by atoms with Crippen LogP contribution in [0.3, 0.4) is 0 Å². The number of carbonyl (C=O) groups is 2. The van der Waals surface area contributed by atoms with Gasteiger partial charge in [0.05, 0.1) is 6.04 Å². The Morgan fingerprint density at radius 2 is 1.85 bits per heavy atom. The number of aldehydes is 1. The van der Waals surface area contributed by atoms with Gasteiger partial charge < -0.3 is 10.1 Å². The summed E-state index contributed by atoms with van der Waals surface area (Å²) in [5.41, 5.74) is 1.38. The smallest absolute Gasteiger partial charge is 0.220 e. The normalized spacial score (nSPS) is 11.8. The Morgan fingerprint density at radius 1 is 1.15 bits per heavy atom. The molecule has 1 aromatic carbocycles. The van der Waals surface area contributed by atoms with E-state index >= 15 is 0 Å².